The first kappa shape index (κ1) is 11.5. The van der Waals surface area contributed by atoms with Gasteiger partial charge in [-0.05, 0) is 35.8 Å². The Morgan fingerprint density at radius 1 is 1.50 bits per heavy atom. The molecular formula is C10H15BrN2O. The van der Waals surface area contributed by atoms with Gasteiger partial charge >= 0.3 is 0 Å². The summed E-state index contributed by atoms with van der Waals surface area (Å²) in [5.41, 5.74) is 0.901. The molecule has 1 rings (SSSR count). The van der Waals surface area contributed by atoms with Crippen LogP contribution in [0.1, 0.15) is 13.8 Å². The molecule has 78 valence electrons. The Kier molecular flexibility index (Phi) is 3.89. The van der Waals surface area contributed by atoms with Gasteiger partial charge in [-0.3, -0.25) is 4.98 Å². The van der Waals surface area contributed by atoms with Crippen LogP contribution in [0, 0.1) is 0 Å². The number of nitrogens with one attached hydrogen (secondary N) is 1. The van der Waals surface area contributed by atoms with E-state index >= 15 is 0 Å². The van der Waals surface area contributed by atoms with Gasteiger partial charge in [0.2, 0.25) is 0 Å². The average molecular weight is 259 g/mol. The fourth-order valence-corrected chi connectivity index (χ4v) is 1.63. The Balaban J connectivity index is 2.68. The van der Waals surface area contributed by atoms with E-state index in [1.807, 2.05) is 6.07 Å². The topological polar surface area (TPSA) is 34.1 Å². The third-order valence-electron chi connectivity index (χ3n) is 1.69. The minimum absolute atomic E-state index is 0.0861. The van der Waals surface area contributed by atoms with Gasteiger partial charge in [0.25, 0.3) is 0 Å². The van der Waals surface area contributed by atoms with Crippen LogP contribution in [-0.4, -0.2) is 24.2 Å². The smallest absolute Gasteiger partial charge is 0.0687 e. The molecule has 1 heterocycles. The molecule has 0 aliphatic heterocycles. The van der Waals surface area contributed by atoms with Gasteiger partial charge in [0.05, 0.1) is 24.0 Å². The first-order valence-corrected chi connectivity index (χ1v) is 5.20. The van der Waals surface area contributed by atoms with Crippen LogP contribution in [0.4, 0.5) is 5.69 Å². The second-order valence-corrected chi connectivity index (χ2v) is 4.75. The summed E-state index contributed by atoms with van der Waals surface area (Å²) in [5.74, 6) is 0. The molecule has 14 heavy (non-hydrogen) atoms. The Labute approximate surface area is 93.0 Å². The first-order valence-electron chi connectivity index (χ1n) is 4.41. The number of hydrogen-bond donors (Lipinski definition) is 1. The number of anilines is 1. The Morgan fingerprint density at radius 3 is 2.79 bits per heavy atom. The summed E-state index contributed by atoms with van der Waals surface area (Å²) < 4.78 is 6.08. The largest absolute Gasteiger partial charge is 0.382 e. The van der Waals surface area contributed by atoms with Crippen LogP contribution in [-0.2, 0) is 4.74 Å². The number of ether oxygens (including phenoxy) is 1. The maximum absolute atomic E-state index is 5.11. The predicted octanol–water partition coefficient (Wildman–Crippen LogP) is 2.68. The molecule has 4 heteroatoms. The number of aromatic nitrogens is 1. The van der Waals surface area contributed by atoms with Crippen LogP contribution >= 0.6 is 15.9 Å². The molecule has 0 saturated carbocycles. The van der Waals surface area contributed by atoms with E-state index in [0.717, 1.165) is 10.2 Å². The van der Waals surface area contributed by atoms with Gasteiger partial charge in [0, 0.05) is 17.8 Å². The molecule has 1 aromatic rings. The molecule has 0 unspecified atom stereocenters. The van der Waals surface area contributed by atoms with E-state index in [-0.39, 0.29) is 5.54 Å². The zero-order valence-corrected chi connectivity index (χ0v) is 10.3. The molecule has 0 fully saturated rings. The highest BCUT2D eigenvalue weighted by atomic mass is 79.9. The number of rotatable bonds is 4. The van der Waals surface area contributed by atoms with Crippen molar-refractivity contribution in [1.82, 2.24) is 4.98 Å². The summed E-state index contributed by atoms with van der Waals surface area (Å²) >= 11 is 3.37. The highest BCUT2D eigenvalue weighted by molar-refractivity contribution is 9.10. The summed E-state index contributed by atoms with van der Waals surface area (Å²) in [6, 6.07) is 1.99. The molecule has 1 aromatic heterocycles. The Bertz CT molecular complexity index is 302. The van der Waals surface area contributed by atoms with Crippen LogP contribution in [0.5, 0.6) is 0 Å². The van der Waals surface area contributed by atoms with E-state index in [9.17, 15) is 0 Å². The standard InChI is InChI=1S/C10H15BrN2O/c1-10(2,7-14-3)13-9-4-8(11)5-12-6-9/h4-6,13H,7H2,1-3H3. The summed E-state index contributed by atoms with van der Waals surface area (Å²) in [6.07, 6.45) is 3.55. The quantitative estimate of drug-likeness (QED) is 0.902. The van der Waals surface area contributed by atoms with Gasteiger partial charge in [-0.2, -0.15) is 0 Å². The van der Waals surface area contributed by atoms with Crippen molar-refractivity contribution >= 4 is 21.6 Å². The highest BCUT2D eigenvalue weighted by Crippen LogP contribution is 2.18. The number of nitrogens with zero attached hydrogens (tertiary/aromatic N) is 1. The van der Waals surface area contributed by atoms with Crippen molar-refractivity contribution in [2.75, 3.05) is 19.0 Å². The molecule has 0 saturated heterocycles. The third-order valence-corrected chi connectivity index (χ3v) is 2.13. The van der Waals surface area contributed by atoms with Crippen molar-refractivity contribution in [1.29, 1.82) is 0 Å². The van der Waals surface area contributed by atoms with Gasteiger partial charge in [0.15, 0.2) is 0 Å². The van der Waals surface area contributed by atoms with Crippen LogP contribution < -0.4 is 5.32 Å². The summed E-state index contributed by atoms with van der Waals surface area (Å²) in [4.78, 5) is 4.08. The zero-order valence-electron chi connectivity index (χ0n) is 8.67. The molecule has 0 bridgehead atoms. The Hall–Kier alpha value is -0.610. The zero-order chi connectivity index (χ0) is 10.6. The lowest BCUT2D eigenvalue weighted by atomic mass is 10.1. The molecule has 0 aromatic carbocycles. The Morgan fingerprint density at radius 2 is 2.21 bits per heavy atom. The lowest BCUT2D eigenvalue weighted by Crippen LogP contribution is -2.35. The lowest BCUT2D eigenvalue weighted by Gasteiger charge is -2.26. The second-order valence-electron chi connectivity index (χ2n) is 3.83. The molecule has 0 radical (unpaired) electrons. The molecule has 0 amide bonds. The summed E-state index contributed by atoms with van der Waals surface area (Å²) in [5, 5.41) is 3.34. The molecular weight excluding hydrogens is 244 g/mol. The van der Waals surface area contributed by atoms with Crippen molar-refractivity contribution in [3.63, 3.8) is 0 Å². The van der Waals surface area contributed by atoms with Crippen molar-refractivity contribution in [2.45, 2.75) is 19.4 Å². The third kappa shape index (κ3) is 3.64. The van der Waals surface area contributed by atoms with Crippen LogP contribution in [0.25, 0.3) is 0 Å². The van der Waals surface area contributed by atoms with Crippen LogP contribution in [0.3, 0.4) is 0 Å². The second kappa shape index (κ2) is 4.75. The summed E-state index contributed by atoms with van der Waals surface area (Å²) in [6.45, 7) is 4.81. The first-order chi connectivity index (χ1) is 6.53. The van der Waals surface area contributed by atoms with Gasteiger partial charge in [0.1, 0.15) is 0 Å². The van der Waals surface area contributed by atoms with E-state index in [0.29, 0.717) is 6.61 Å². The molecule has 0 atom stereocenters. The number of hydrogen-bond acceptors (Lipinski definition) is 3. The highest BCUT2D eigenvalue weighted by Gasteiger charge is 2.16. The number of pyridine rings is 1. The van der Waals surface area contributed by atoms with Gasteiger partial charge < -0.3 is 10.1 Å². The fraction of sp³-hybridized carbons (Fsp3) is 0.500. The molecule has 0 aliphatic carbocycles. The molecule has 3 nitrogen and oxygen atoms in total. The molecule has 0 aliphatic rings. The van der Waals surface area contributed by atoms with E-state index in [1.165, 1.54) is 0 Å². The summed E-state index contributed by atoms with van der Waals surface area (Å²) in [7, 11) is 1.70. The van der Waals surface area contributed by atoms with Gasteiger partial charge in [-0.15, -0.1) is 0 Å². The minimum atomic E-state index is -0.0861. The van der Waals surface area contributed by atoms with Crippen LogP contribution in [0.15, 0.2) is 22.9 Å². The van der Waals surface area contributed by atoms with Crippen molar-refractivity contribution in [3.8, 4) is 0 Å². The fourth-order valence-electron chi connectivity index (χ4n) is 1.27. The van der Waals surface area contributed by atoms with E-state index in [2.05, 4.69) is 40.1 Å². The maximum Gasteiger partial charge on any atom is 0.0687 e. The van der Waals surface area contributed by atoms with Crippen molar-refractivity contribution < 1.29 is 4.74 Å². The minimum Gasteiger partial charge on any atom is -0.382 e. The van der Waals surface area contributed by atoms with E-state index < -0.39 is 0 Å². The lowest BCUT2D eigenvalue weighted by molar-refractivity contribution is 0.158. The van der Waals surface area contributed by atoms with E-state index in [4.69, 9.17) is 4.74 Å². The van der Waals surface area contributed by atoms with E-state index in [1.54, 1.807) is 19.5 Å². The van der Waals surface area contributed by atoms with Gasteiger partial charge in [-0.1, -0.05) is 0 Å². The predicted molar refractivity (Wildman–Crippen MR) is 61.5 cm³/mol. The normalized spacial score (nSPS) is 11.4. The average Bonchev–Trinajstić information content (AvgIpc) is 2.02. The van der Waals surface area contributed by atoms with Gasteiger partial charge in [-0.25, -0.2) is 0 Å². The number of methoxy groups -OCH3 is 1. The molecule has 0 spiro atoms. The SMILES string of the molecule is COCC(C)(C)Nc1cncc(Br)c1. The van der Waals surface area contributed by atoms with Crippen molar-refractivity contribution in [3.05, 3.63) is 22.9 Å². The monoisotopic (exact) mass is 258 g/mol. The van der Waals surface area contributed by atoms with Crippen LogP contribution in [0.2, 0.25) is 0 Å². The number of halogens is 1. The molecule has 1 N–H and O–H groups in total. The van der Waals surface area contributed by atoms with Crippen molar-refractivity contribution in [2.24, 2.45) is 0 Å². The maximum atomic E-state index is 5.11.